The predicted molar refractivity (Wildman–Crippen MR) is 513 cm³/mol. The second kappa shape index (κ2) is 26.0. The van der Waals surface area contributed by atoms with Gasteiger partial charge in [-0.05, 0) is 199 Å². The number of aromatic nitrogens is 4. The molecule has 2 aliphatic rings. The normalized spacial score (nSPS) is 13.3. The molecule has 0 saturated heterocycles. The first-order chi connectivity index (χ1) is 59.0. The van der Waals surface area contributed by atoms with Crippen LogP contribution in [0.15, 0.2) is 388 Å². The molecule has 0 radical (unpaired) electrons. The summed E-state index contributed by atoms with van der Waals surface area (Å²) in [6, 6.07) is 144. The molecule has 4 nitrogen and oxygen atoms in total. The summed E-state index contributed by atoms with van der Waals surface area (Å²) in [6.45, 7) is 9.60. The molecule has 0 bridgehead atoms. The highest BCUT2D eigenvalue weighted by Crippen LogP contribution is 2.57. The number of nitrogens with zero attached hydrogens (tertiary/aromatic N) is 4. The summed E-state index contributed by atoms with van der Waals surface area (Å²) >= 11 is 3.86. The van der Waals surface area contributed by atoms with E-state index in [9.17, 15) is 0 Å². The lowest BCUT2D eigenvalue weighted by Gasteiger charge is -2.22. The van der Waals surface area contributed by atoms with Gasteiger partial charge in [0, 0.05) is 128 Å². The van der Waals surface area contributed by atoms with Crippen LogP contribution in [0.2, 0.25) is 0 Å². The molecule has 120 heavy (non-hydrogen) atoms. The number of rotatable bonds is 8. The second-order valence-corrected chi connectivity index (χ2v) is 35.9. The Labute approximate surface area is 701 Å². The molecule has 0 N–H and O–H groups in total. The third-order valence-corrected chi connectivity index (χ3v) is 29.1. The first kappa shape index (κ1) is 68.8. The van der Waals surface area contributed by atoms with E-state index in [0.717, 1.165) is 11.4 Å². The molecule has 0 unspecified atom stereocenters. The Morgan fingerprint density at radius 1 is 0.183 bits per heavy atom. The van der Waals surface area contributed by atoms with E-state index in [1.807, 2.05) is 22.7 Å². The van der Waals surface area contributed by atoms with E-state index < -0.39 is 0 Å². The monoisotopic (exact) mass is 1560 g/mol. The van der Waals surface area contributed by atoms with Gasteiger partial charge >= 0.3 is 0 Å². The first-order valence-corrected chi connectivity index (χ1v) is 43.3. The minimum atomic E-state index is -0.131. The van der Waals surface area contributed by atoms with Crippen LogP contribution in [0.3, 0.4) is 0 Å². The van der Waals surface area contributed by atoms with Crippen molar-refractivity contribution in [1.82, 2.24) is 18.3 Å². The van der Waals surface area contributed by atoms with Crippen LogP contribution in [-0.4, -0.2) is 18.3 Å². The van der Waals surface area contributed by atoms with E-state index in [2.05, 4.69) is 434 Å². The van der Waals surface area contributed by atoms with Crippen molar-refractivity contribution in [2.45, 2.75) is 38.5 Å². The summed E-state index contributed by atoms with van der Waals surface area (Å²) in [4.78, 5) is 0. The van der Waals surface area contributed by atoms with Gasteiger partial charge in [0.2, 0.25) is 0 Å². The fourth-order valence-electron chi connectivity index (χ4n) is 20.8. The quantitative estimate of drug-likeness (QED) is 0.144. The van der Waals surface area contributed by atoms with Gasteiger partial charge in [0.05, 0.1) is 44.1 Å². The van der Waals surface area contributed by atoms with E-state index in [1.165, 1.54) is 228 Å². The maximum absolute atomic E-state index is 2.49. The lowest BCUT2D eigenvalue weighted by molar-refractivity contribution is 0.660. The third kappa shape index (κ3) is 10.2. The van der Waals surface area contributed by atoms with E-state index in [-0.39, 0.29) is 10.8 Å². The summed E-state index contributed by atoms with van der Waals surface area (Å²) in [5.41, 5.74) is 35.0. The Bertz CT molecular complexity index is 8440. The van der Waals surface area contributed by atoms with Gasteiger partial charge in [-0.3, -0.25) is 0 Å². The molecule has 0 amide bonds. The van der Waals surface area contributed by atoms with Crippen LogP contribution in [-0.2, 0) is 10.8 Å². The number of fused-ring (bicyclic) bond motifs is 26. The highest BCUT2D eigenvalue weighted by Gasteiger charge is 2.40. The molecule has 0 fully saturated rings. The van der Waals surface area contributed by atoms with Crippen LogP contribution in [0.25, 0.3) is 217 Å². The number of thiophene rings is 2. The van der Waals surface area contributed by atoms with Gasteiger partial charge in [0.15, 0.2) is 0 Å². The van der Waals surface area contributed by atoms with Crippen LogP contribution in [0.1, 0.15) is 49.9 Å². The maximum Gasteiger partial charge on any atom is 0.0547 e. The molecule has 0 aliphatic heterocycles. The zero-order valence-corrected chi connectivity index (χ0v) is 68.2. The summed E-state index contributed by atoms with van der Waals surface area (Å²) < 4.78 is 15.3. The summed E-state index contributed by atoms with van der Waals surface area (Å²) in [6.07, 6.45) is 0. The fraction of sp³-hybridized carbons (Fsp3) is 0.0526. The molecule has 24 aromatic rings. The molecule has 2 aliphatic carbocycles. The van der Waals surface area contributed by atoms with Crippen LogP contribution >= 0.6 is 22.7 Å². The van der Waals surface area contributed by atoms with Crippen LogP contribution in [0.5, 0.6) is 0 Å². The van der Waals surface area contributed by atoms with Crippen LogP contribution < -0.4 is 0 Å². The van der Waals surface area contributed by atoms with Gasteiger partial charge in [-0.25, -0.2) is 0 Å². The van der Waals surface area contributed by atoms with Crippen molar-refractivity contribution in [3.63, 3.8) is 0 Å². The van der Waals surface area contributed by atoms with Crippen molar-refractivity contribution in [2.24, 2.45) is 0 Å². The molecule has 26 rings (SSSR count). The highest BCUT2D eigenvalue weighted by atomic mass is 32.1. The van der Waals surface area contributed by atoms with Gasteiger partial charge < -0.3 is 18.3 Å². The number of para-hydroxylation sites is 4. The van der Waals surface area contributed by atoms with Crippen molar-refractivity contribution in [3.05, 3.63) is 411 Å². The Morgan fingerprint density at radius 3 is 0.883 bits per heavy atom. The lowest BCUT2D eigenvalue weighted by Crippen LogP contribution is -2.15. The van der Waals surface area contributed by atoms with Crippen molar-refractivity contribution in [3.8, 4) is 89.5 Å². The van der Waals surface area contributed by atoms with Crippen molar-refractivity contribution in [1.29, 1.82) is 0 Å². The molecule has 0 atom stereocenters. The smallest absolute Gasteiger partial charge is 0.0547 e. The SMILES string of the molecule is CC1(C)c2cc(-n3c4ccccc4c4cc(-c5ccc6c7ccccc7n(-c7ccc(-c8ccccc8)cc7)c6c5)ccc43)ccc2-c2c1ccc1c2sc2ccccc21.CC1(C)c2cc(-n3c4ccccc4c4ccc(-c5ccc6c(c5)c5ccccc5n6-c5ccc(-c6ccccc6)cc5)cc43)ccc2-c2c1ccc1c2sc2ccccc21. The van der Waals surface area contributed by atoms with E-state index in [1.54, 1.807) is 0 Å². The molecule has 6 heteroatoms. The molecule has 564 valence electrons. The zero-order chi connectivity index (χ0) is 79.4. The van der Waals surface area contributed by atoms with Crippen molar-refractivity contribution >= 4 is 150 Å². The van der Waals surface area contributed by atoms with Crippen molar-refractivity contribution in [2.75, 3.05) is 0 Å². The molecule has 0 saturated carbocycles. The Hall–Kier alpha value is -14.4. The molecule has 0 spiro atoms. The van der Waals surface area contributed by atoms with E-state index in [4.69, 9.17) is 0 Å². The summed E-state index contributed by atoms with van der Waals surface area (Å²) in [7, 11) is 0. The molecular formula is C114H76N4S2. The van der Waals surface area contributed by atoms with Gasteiger partial charge in [-0.15, -0.1) is 22.7 Å². The van der Waals surface area contributed by atoms with Gasteiger partial charge in [0.25, 0.3) is 0 Å². The second-order valence-electron chi connectivity index (χ2n) is 33.8. The molecular weight excluding hydrogens is 1490 g/mol. The zero-order valence-electron chi connectivity index (χ0n) is 66.6. The van der Waals surface area contributed by atoms with Gasteiger partial charge in [0.1, 0.15) is 0 Å². The lowest BCUT2D eigenvalue weighted by atomic mass is 9.82. The number of hydrogen-bond acceptors (Lipinski definition) is 2. The van der Waals surface area contributed by atoms with Crippen LogP contribution in [0.4, 0.5) is 0 Å². The number of hydrogen-bond donors (Lipinski definition) is 0. The van der Waals surface area contributed by atoms with Gasteiger partial charge in [-0.2, -0.15) is 0 Å². The van der Waals surface area contributed by atoms with E-state index in [0.29, 0.717) is 0 Å². The molecule has 6 heterocycles. The standard InChI is InChI=1S/2C57H38N2S/c1-57(2)48-30-29-45-44-16-8-11-19-54(44)60-56(45)55(48)46-28-26-40(34-49(46)57)59-50-17-9-6-14-41(50)43-27-22-38(33-53(43)59)37-23-31-52-47(32-37)42-15-7-10-18-51(42)58(52)39-24-20-36(21-25-39)35-12-4-3-5-13-35;1-57(2)48-30-29-45-44-16-8-11-19-54(44)60-56(45)55(48)46-28-26-40(34-49(46)57)59-51-18-10-7-15-42(51)47-32-37(23-31-52(47)59)38-22-27-43-41-14-6-9-17-50(41)58(53(43)33-38)39-24-20-36(21-25-39)35-12-4-3-5-13-35/h2*3-34H,1-2H3. The summed E-state index contributed by atoms with van der Waals surface area (Å²) in [5.74, 6) is 0. The average Bonchev–Trinajstić information content (AvgIpc) is 1.52. The molecule has 18 aromatic carbocycles. The van der Waals surface area contributed by atoms with Crippen molar-refractivity contribution < 1.29 is 0 Å². The highest BCUT2D eigenvalue weighted by molar-refractivity contribution is 7.26. The minimum absolute atomic E-state index is 0.123. The average molecular weight is 1570 g/mol. The Kier molecular flexibility index (Phi) is 14.9. The minimum Gasteiger partial charge on any atom is -0.309 e. The summed E-state index contributed by atoms with van der Waals surface area (Å²) in [5, 5.41) is 15.5. The van der Waals surface area contributed by atoms with Gasteiger partial charge in [-0.1, -0.05) is 295 Å². The molecule has 6 aromatic heterocycles. The van der Waals surface area contributed by atoms with E-state index >= 15 is 0 Å². The predicted octanol–water partition coefficient (Wildman–Crippen LogP) is 31.8. The Balaban J connectivity index is 0.000000133. The Morgan fingerprint density at radius 2 is 0.467 bits per heavy atom. The third-order valence-electron chi connectivity index (χ3n) is 26.7. The van der Waals surface area contributed by atoms with Crippen LogP contribution in [0, 0.1) is 0 Å². The number of benzene rings is 18. The topological polar surface area (TPSA) is 19.7 Å². The first-order valence-electron chi connectivity index (χ1n) is 41.7. The largest absolute Gasteiger partial charge is 0.309 e. The maximum atomic E-state index is 2.49. The fourth-order valence-corrected chi connectivity index (χ4v) is 23.4.